The van der Waals surface area contributed by atoms with Gasteiger partial charge in [-0.3, -0.25) is 0 Å². The van der Waals surface area contributed by atoms with E-state index in [1.165, 1.54) is 0 Å². The molecule has 29 heavy (non-hydrogen) atoms. The van der Waals surface area contributed by atoms with Crippen LogP contribution in [-0.2, 0) is 4.74 Å². The zero-order valence-corrected chi connectivity index (χ0v) is 14.6. The van der Waals surface area contributed by atoms with Crippen LogP contribution in [0.3, 0.4) is 0 Å². The standard InChI is InChI=1S/C21H13F5O3/c22-15-16(23)18(25)21(29-20(27)28,19(26)17(15)24)9-14-12-7-3-1-5-10(12)11-6-2-4-8-13(11)14/h1-8,14,18H,9H2,(H,27,28). The number of fused-ring (bicyclic) bond motifs is 3. The molecule has 0 saturated carbocycles. The van der Waals surface area contributed by atoms with Gasteiger partial charge in [0.1, 0.15) is 0 Å². The van der Waals surface area contributed by atoms with E-state index >= 15 is 0 Å². The molecule has 1 N–H and O–H groups in total. The highest BCUT2D eigenvalue weighted by Crippen LogP contribution is 2.54. The van der Waals surface area contributed by atoms with Crippen LogP contribution in [0.1, 0.15) is 23.5 Å². The summed E-state index contributed by atoms with van der Waals surface area (Å²) in [5.74, 6) is -9.87. The molecule has 2 aliphatic carbocycles. The first-order valence-corrected chi connectivity index (χ1v) is 8.63. The van der Waals surface area contributed by atoms with Crippen molar-refractivity contribution in [2.24, 2.45) is 0 Å². The highest BCUT2D eigenvalue weighted by molar-refractivity contribution is 5.79. The van der Waals surface area contributed by atoms with Gasteiger partial charge in [0.2, 0.25) is 11.8 Å². The minimum Gasteiger partial charge on any atom is -0.450 e. The maximum absolute atomic E-state index is 14.8. The van der Waals surface area contributed by atoms with Crippen LogP contribution in [0.5, 0.6) is 0 Å². The zero-order chi connectivity index (χ0) is 20.9. The van der Waals surface area contributed by atoms with Crippen LogP contribution in [0.4, 0.5) is 26.7 Å². The molecule has 2 unspecified atom stereocenters. The average Bonchev–Trinajstić information content (AvgIpc) is 3.03. The molecule has 0 aromatic heterocycles. The molecule has 3 nitrogen and oxygen atoms in total. The highest BCUT2D eigenvalue weighted by Gasteiger charge is 2.58. The second-order valence-electron chi connectivity index (χ2n) is 6.84. The summed E-state index contributed by atoms with van der Waals surface area (Å²) in [6, 6.07) is 13.7. The second kappa shape index (κ2) is 6.72. The van der Waals surface area contributed by atoms with Gasteiger partial charge in [0, 0.05) is 12.3 Å². The fourth-order valence-corrected chi connectivity index (χ4v) is 4.08. The summed E-state index contributed by atoms with van der Waals surface area (Å²) in [6.07, 6.45) is -6.13. The largest absolute Gasteiger partial charge is 0.506 e. The predicted molar refractivity (Wildman–Crippen MR) is 93.6 cm³/mol. The monoisotopic (exact) mass is 408 g/mol. The summed E-state index contributed by atoms with van der Waals surface area (Å²) in [4.78, 5) is 11.2. The van der Waals surface area contributed by atoms with Crippen LogP contribution in [0.2, 0.25) is 0 Å². The Balaban J connectivity index is 1.89. The first-order chi connectivity index (χ1) is 13.8. The third-order valence-corrected chi connectivity index (χ3v) is 5.34. The second-order valence-corrected chi connectivity index (χ2v) is 6.84. The first-order valence-electron chi connectivity index (χ1n) is 8.63. The number of hydrogen-bond donors (Lipinski definition) is 1. The predicted octanol–water partition coefficient (Wildman–Crippen LogP) is 6.28. The topological polar surface area (TPSA) is 46.5 Å². The fourth-order valence-electron chi connectivity index (χ4n) is 4.08. The number of rotatable bonds is 3. The molecule has 0 radical (unpaired) electrons. The number of carboxylic acid groups (broad SMARTS) is 1. The Morgan fingerprint density at radius 1 is 0.931 bits per heavy atom. The summed E-state index contributed by atoms with van der Waals surface area (Å²) in [5.41, 5.74) is -0.574. The normalized spacial score (nSPS) is 23.8. The van der Waals surface area contributed by atoms with Crippen LogP contribution in [0.15, 0.2) is 71.8 Å². The van der Waals surface area contributed by atoms with Crippen LogP contribution >= 0.6 is 0 Å². The third-order valence-electron chi connectivity index (χ3n) is 5.34. The summed E-state index contributed by atoms with van der Waals surface area (Å²) >= 11 is 0. The molecule has 4 rings (SSSR count). The van der Waals surface area contributed by atoms with Crippen molar-refractivity contribution in [1.29, 1.82) is 0 Å². The fraction of sp³-hybridized carbons (Fsp3) is 0.190. The number of benzene rings is 2. The number of alkyl halides is 1. The lowest BCUT2D eigenvalue weighted by atomic mass is 9.78. The molecule has 2 aromatic carbocycles. The van der Waals surface area contributed by atoms with Gasteiger partial charge in [-0.2, -0.15) is 0 Å². The van der Waals surface area contributed by atoms with Crippen molar-refractivity contribution in [2.75, 3.05) is 0 Å². The van der Waals surface area contributed by atoms with Gasteiger partial charge in [-0.15, -0.1) is 0 Å². The van der Waals surface area contributed by atoms with E-state index in [9.17, 15) is 26.7 Å². The molecule has 2 aromatic rings. The summed E-state index contributed by atoms with van der Waals surface area (Å²) < 4.78 is 75.6. The lowest BCUT2D eigenvalue weighted by molar-refractivity contribution is -0.0636. The Hall–Kier alpha value is -3.16. The van der Waals surface area contributed by atoms with E-state index in [0.717, 1.165) is 11.1 Å². The first kappa shape index (κ1) is 19.2. The third kappa shape index (κ3) is 2.73. The van der Waals surface area contributed by atoms with E-state index in [0.29, 0.717) is 11.1 Å². The molecule has 0 spiro atoms. The molecule has 2 atom stereocenters. The van der Waals surface area contributed by atoms with Crippen molar-refractivity contribution < 1.29 is 36.6 Å². The lowest BCUT2D eigenvalue weighted by Gasteiger charge is -2.37. The molecule has 0 fully saturated rings. The van der Waals surface area contributed by atoms with Gasteiger partial charge in [-0.05, 0) is 22.3 Å². The molecular formula is C21H13F5O3. The molecule has 8 heteroatoms. The van der Waals surface area contributed by atoms with Gasteiger partial charge in [-0.1, -0.05) is 48.5 Å². The van der Waals surface area contributed by atoms with E-state index in [1.807, 2.05) is 0 Å². The molecule has 0 bridgehead atoms. The highest BCUT2D eigenvalue weighted by atomic mass is 19.2. The van der Waals surface area contributed by atoms with Gasteiger partial charge >= 0.3 is 6.16 Å². The van der Waals surface area contributed by atoms with Gasteiger partial charge in [-0.25, -0.2) is 26.7 Å². The van der Waals surface area contributed by atoms with E-state index < -0.39 is 53.6 Å². The SMILES string of the molecule is O=C(O)OC1(CC2c3ccccc3-c3ccccc32)C(F)=C(F)C(F)=C(F)C1F. The molecule has 0 amide bonds. The molecular weight excluding hydrogens is 395 g/mol. The smallest absolute Gasteiger partial charge is 0.450 e. The van der Waals surface area contributed by atoms with Gasteiger partial charge in [0.05, 0.1) is 0 Å². The van der Waals surface area contributed by atoms with Gasteiger partial charge in [0.25, 0.3) is 0 Å². The minimum absolute atomic E-state index is 0.581. The Labute approximate surface area is 161 Å². The van der Waals surface area contributed by atoms with E-state index in [1.54, 1.807) is 48.5 Å². The molecule has 0 aliphatic heterocycles. The quantitative estimate of drug-likeness (QED) is 0.481. The summed E-state index contributed by atoms with van der Waals surface area (Å²) in [7, 11) is 0. The van der Waals surface area contributed by atoms with Gasteiger partial charge < -0.3 is 9.84 Å². The number of hydrogen-bond acceptors (Lipinski definition) is 2. The zero-order valence-electron chi connectivity index (χ0n) is 14.6. The maximum Gasteiger partial charge on any atom is 0.506 e. The van der Waals surface area contributed by atoms with Gasteiger partial charge in [0.15, 0.2) is 23.3 Å². The van der Waals surface area contributed by atoms with Crippen molar-refractivity contribution in [1.82, 2.24) is 0 Å². The lowest BCUT2D eigenvalue weighted by Crippen LogP contribution is -2.48. The summed E-state index contributed by atoms with van der Waals surface area (Å²) in [6.45, 7) is 0. The number of allylic oxidation sites excluding steroid dienone is 2. The number of ether oxygens (including phenoxy) is 1. The van der Waals surface area contributed by atoms with Crippen LogP contribution in [0.25, 0.3) is 11.1 Å². The van der Waals surface area contributed by atoms with E-state index in [2.05, 4.69) is 4.74 Å². The van der Waals surface area contributed by atoms with Crippen molar-refractivity contribution in [2.45, 2.75) is 24.1 Å². The van der Waals surface area contributed by atoms with Crippen molar-refractivity contribution in [3.05, 3.63) is 83.0 Å². The van der Waals surface area contributed by atoms with Crippen LogP contribution in [0, 0.1) is 0 Å². The van der Waals surface area contributed by atoms with Crippen molar-refractivity contribution >= 4 is 6.16 Å². The average molecular weight is 408 g/mol. The Kier molecular flexibility index (Phi) is 4.44. The van der Waals surface area contributed by atoms with E-state index in [-0.39, 0.29) is 0 Å². The summed E-state index contributed by atoms with van der Waals surface area (Å²) in [5, 5.41) is 9.04. The molecule has 0 heterocycles. The van der Waals surface area contributed by atoms with Crippen molar-refractivity contribution in [3.63, 3.8) is 0 Å². The molecule has 2 aliphatic rings. The minimum atomic E-state index is -3.20. The maximum atomic E-state index is 14.8. The van der Waals surface area contributed by atoms with Crippen LogP contribution < -0.4 is 0 Å². The van der Waals surface area contributed by atoms with Crippen molar-refractivity contribution in [3.8, 4) is 11.1 Å². The Morgan fingerprint density at radius 2 is 1.45 bits per heavy atom. The van der Waals surface area contributed by atoms with E-state index in [4.69, 9.17) is 5.11 Å². The molecule has 150 valence electrons. The Bertz CT molecular complexity index is 1030. The van der Waals surface area contributed by atoms with Crippen LogP contribution in [-0.4, -0.2) is 23.0 Å². The number of carbonyl (C=O) groups is 1. The Morgan fingerprint density at radius 3 is 1.97 bits per heavy atom. The number of halogens is 5. The molecule has 0 saturated heterocycles.